The number of hydrogen-bond acceptors (Lipinski definition) is 5. The minimum Gasteiger partial charge on any atom is -0.481 e. The van der Waals surface area contributed by atoms with E-state index >= 15 is 0 Å². The Morgan fingerprint density at radius 1 is 1.67 bits per heavy atom. The van der Waals surface area contributed by atoms with Crippen LogP contribution in [0.4, 0.5) is 0 Å². The van der Waals surface area contributed by atoms with E-state index in [2.05, 4.69) is 4.98 Å². The normalized spacial score (nSPS) is 19.0. The van der Waals surface area contributed by atoms with Gasteiger partial charge in [0.05, 0.1) is 5.75 Å². The topological polar surface area (TPSA) is 72.2 Å². The third kappa shape index (κ3) is 3.78. The molecule has 1 aromatic heterocycles. The summed E-state index contributed by atoms with van der Waals surface area (Å²) in [6.07, 6.45) is 2.88. The maximum Gasteiger partial charge on any atom is 0.313 e. The molecular weight excluding hydrogens is 272 g/mol. The minimum absolute atomic E-state index is 0.0735. The van der Waals surface area contributed by atoms with Crippen LogP contribution in [0.2, 0.25) is 0 Å². The van der Waals surface area contributed by atoms with Gasteiger partial charge in [0.25, 0.3) is 5.56 Å². The lowest BCUT2D eigenvalue weighted by Gasteiger charge is -2.14. The third-order valence-electron chi connectivity index (χ3n) is 2.65. The largest absolute Gasteiger partial charge is 0.481 e. The van der Waals surface area contributed by atoms with Gasteiger partial charge in [0, 0.05) is 18.8 Å². The molecule has 0 aromatic carbocycles. The average molecular weight is 286 g/mol. The molecule has 5 nitrogen and oxygen atoms in total. The van der Waals surface area contributed by atoms with Crippen LogP contribution in [-0.4, -0.2) is 37.9 Å². The number of carboxylic acid groups (broad SMARTS) is 1. The molecule has 0 spiro atoms. The lowest BCUT2D eigenvalue weighted by Crippen LogP contribution is -2.18. The van der Waals surface area contributed by atoms with Gasteiger partial charge in [-0.05, 0) is 23.8 Å². The van der Waals surface area contributed by atoms with Crippen LogP contribution >= 0.6 is 23.5 Å². The van der Waals surface area contributed by atoms with E-state index in [1.54, 1.807) is 6.20 Å². The molecule has 1 fully saturated rings. The zero-order valence-electron chi connectivity index (χ0n) is 9.74. The Bertz CT molecular complexity index is 483. The van der Waals surface area contributed by atoms with Crippen molar-refractivity contribution in [2.24, 2.45) is 5.92 Å². The van der Waals surface area contributed by atoms with Crippen LogP contribution in [0.15, 0.2) is 22.2 Å². The van der Waals surface area contributed by atoms with Gasteiger partial charge in [-0.15, -0.1) is 0 Å². The molecule has 1 aliphatic rings. The van der Waals surface area contributed by atoms with Gasteiger partial charge in [-0.2, -0.15) is 16.7 Å². The van der Waals surface area contributed by atoms with E-state index in [1.165, 1.54) is 18.2 Å². The molecule has 1 aliphatic heterocycles. The SMILES string of the molecule is O=C(O)CSc1nc(=O)ccn1CC1CCSC1. The maximum atomic E-state index is 11.2. The summed E-state index contributed by atoms with van der Waals surface area (Å²) in [5.74, 6) is 1.91. The fraction of sp³-hybridized carbons (Fsp3) is 0.545. The van der Waals surface area contributed by atoms with Gasteiger partial charge in [-0.25, -0.2) is 0 Å². The maximum absolute atomic E-state index is 11.2. The molecule has 0 radical (unpaired) electrons. The van der Waals surface area contributed by atoms with Gasteiger partial charge in [0.15, 0.2) is 5.16 Å². The van der Waals surface area contributed by atoms with Crippen molar-refractivity contribution in [3.63, 3.8) is 0 Å². The van der Waals surface area contributed by atoms with Crippen molar-refractivity contribution in [2.75, 3.05) is 17.3 Å². The highest BCUT2D eigenvalue weighted by Gasteiger charge is 2.17. The molecule has 2 rings (SSSR count). The van der Waals surface area contributed by atoms with Gasteiger partial charge < -0.3 is 9.67 Å². The monoisotopic (exact) mass is 286 g/mol. The number of hydrogen-bond donors (Lipinski definition) is 1. The second-order valence-electron chi connectivity index (χ2n) is 4.11. The highest BCUT2D eigenvalue weighted by atomic mass is 32.2. The summed E-state index contributed by atoms with van der Waals surface area (Å²) >= 11 is 3.03. The molecule has 7 heteroatoms. The van der Waals surface area contributed by atoms with Gasteiger partial charge in [0.2, 0.25) is 0 Å². The van der Waals surface area contributed by atoms with Gasteiger partial charge >= 0.3 is 5.97 Å². The Balaban J connectivity index is 2.11. The molecule has 0 saturated carbocycles. The number of nitrogens with zero attached hydrogens (tertiary/aromatic N) is 2. The van der Waals surface area contributed by atoms with Gasteiger partial charge in [-0.3, -0.25) is 9.59 Å². The quantitative estimate of drug-likeness (QED) is 0.647. The molecule has 0 aliphatic carbocycles. The molecular formula is C11H14N2O3S2. The van der Waals surface area contributed by atoms with E-state index in [1.807, 2.05) is 16.3 Å². The highest BCUT2D eigenvalue weighted by Crippen LogP contribution is 2.26. The molecule has 18 heavy (non-hydrogen) atoms. The number of aliphatic carboxylic acids is 1. The molecule has 2 heterocycles. The van der Waals surface area contributed by atoms with E-state index < -0.39 is 5.97 Å². The summed E-state index contributed by atoms with van der Waals surface area (Å²) in [7, 11) is 0. The van der Waals surface area contributed by atoms with E-state index in [4.69, 9.17) is 5.11 Å². The van der Waals surface area contributed by atoms with Crippen molar-refractivity contribution in [1.82, 2.24) is 9.55 Å². The Morgan fingerprint density at radius 3 is 3.17 bits per heavy atom. The molecule has 1 unspecified atom stereocenters. The fourth-order valence-corrected chi connectivity index (χ4v) is 3.78. The van der Waals surface area contributed by atoms with Crippen molar-refractivity contribution in [1.29, 1.82) is 0 Å². The first-order chi connectivity index (χ1) is 8.65. The lowest BCUT2D eigenvalue weighted by atomic mass is 10.1. The van der Waals surface area contributed by atoms with Gasteiger partial charge in [-0.1, -0.05) is 11.8 Å². The molecule has 98 valence electrons. The predicted octanol–water partition coefficient (Wildman–Crippen LogP) is 1.17. The number of carbonyl (C=O) groups is 1. The molecule has 0 bridgehead atoms. The van der Waals surface area contributed by atoms with Crippen LogP contribution < -0.4 is 5.56 Å². The van der Waals surface area contributed by atoms with Crippen LogP contribution in [0.3, 0.4) is 0 Å². The van der Waals surface area contributed by atoms with E-state index in [9.17, 15) is 9.59 Å². The summed E-state index contributed by atoms with van der Waals surface area (Å²) in [6, 6.07) is 1.42. The molecule has 1 aromatic rings. The summed E-state index contributed by atoms with van der Waals surface area (Å²) < 4.78 is 1.89. The Hall–Kier alpha value is -0.950. The zero-order valence-corrected chi connectivity index (χ0v) is 11.4. The Kier molecular flexibility index (Phi) is 4.71. The average Bonchev–Trinajstić information content (AvgIpc) is 2.82. The van der Waals surface area contributed by atoms with Crippen molar-refractivity contribution in [3.05, 3.63) is 22.6 Å². The first-order valence-corrected chi connectivity index (χ1v) is 7.79. The Morgan fingerprint density at radius 2 is 2.50 bits per heavy atom. The summed E-state index contributed by atoms with van der Waals surface area (Å²) in [4.78, 5) is 25.7. The fourth-order valence-electron chi connectivity index (χ4n) is 1.80. The standard InChI is InChI=1S/C11H14N2O3S2/c14-9-1-3-13(5-8-2-4-17-6-8)11(12-9)18-7-10(15)16/h1,3,8H,2,4-7H2,(H,15,16). The van der Waals surface area contributed by atoms with Crippen molar-refractivity contribution >= 4 is 29.5 Å². The summed E-state index contributed by atoms with van der Waals surface area (Å²) in [5.41, 5.74) is -0.320. The van der Waals surface area contributed by atoms with Crippen LogP contribution in [0.1, 0.15) is 6.42 Å². The first-order valence-electron chi connectivity index (χ1n) is 5.65. The van der Waals surface area contributed by atoms with Crippen molar-refractivity contribution in [3.8, 4) is 0 Å². The Labute approximate surface area is 113 Å². The summed E-state index contributed by atoms with van der Waals surface area (Å²) in [6.45, 7) is 0.808. The van der Waals surface area contributed by atoms with Crippen LogP contribution in [0.25, 0.3) is 0 Å². The van der Waals surface area contributed by atoms with Crippen molar-refractivity contribution in [2.45, 2.75) is 18.1 Å². The minimum atomic E-state index is -0.902. The van der Waals surface area contributed by atoms with Crippen LogP contribution in [0, 0.1) is 5.92 Å². The van der Waals surface area contributed by atoms with E-state index in [0.29, 0.717) is 11.1 Å². The molecule has 0 amide bonds. The molecule has 1 atom stereocenters. The third-order valence-corrected chi connectivity index (χ3v) is 4.86. The van der Waals surface area contributed by atoms with E-state index in [0.717, 1.165) is 24.1 Å². The highest BCUT2D eigenvalue weighted by molar-refractivity contribution is 7.99. The van der Waals surface area contributed by atoms with Crippen LogP contribution in [0.5, 0.6) is 0 Å². The second kappa shape index (κ2) is 6.29. The predicted molar refractivity (Wildman–Crippen MR) is 72.3 cm³/mol. The van der Waals surface area contributed by atoms with Gasteiger partial charge in [0.1, 0.15) is 0 Å². The molecule has 1 N–H and O–H groups in total. The first kappa shape index (κ1) is 13.5. The number of thioether (sulfide) groups is 2. The van der Waals surface area contributed by atoms with E-state index in [-0.39, 0.29) is 11.3 Å². The molecule has 1 saturated heterocycles. The smallest absolute Gasteiger partial charge is 0.313 e. The number of rotatable bonds is 5. The summed E-state index contributed by atoms with van der Waals surface area (Å²) in [5, 5.41) is 9.18. The zero-order chi connectivity index (χ0) is 13.0. The second-order valence-corrected chi connectivity index (χ2v) is 6.21. The number of aromatic nitrogens is 2. The van der Waals surface area contributed by atoms with Crippen molar-refractivity contribution < 1.29 is 9.90 Å². The number of carboxylic acids is 1. The lowest BCUT2D eigenvalue weighted by molar-refractivity contribution is -0.133. The van der Waals surface area contributed by atoms with Crippen LogP contribution in [-0.2, 0) is 11.3 Å².